The van der Waals surface area contributed by atoms with Crippen LogP contribution in [0.5, 0.6) is 5.75 Å². The summed E-state index contributed by atoms with van der Waals surface area (Å²) < 4.78 is 45.6. The number of rotatable bonds is 4. The molecule has 0 bridgehead atoms. The van der Waals surface area contributed by atoms with Crippen LogP contribution in [0.25, 0.3) is 11.4 Å². The van der Waals surface area contributed by atoms with Crippen molar-refractivity contribution in [1.29, 1.82) is 0 Å². The Morgan fingerprint density at radius 2 is 1.93 bits per heavy atom. The number of benzene rings is 2. The Kier molecular flexibility index (Phi) is 5.07. The molecule has 0 saturated carbocycles. The van der Waals surface area contributed by atoms with Gasteiger partial charge in [-0.3, -0.25) is 0 Å². The van der Waals surface area contributed by atoms with Crippen LogP contribution < -0.4 is 4.18 Å². The summed E-state index contributed by atoms with van der Waals surface area (Å²) in [6.45, 7) is 0.826. The van der Waals surface area contributed by atoms with Crippen molar-refractivity contribution in [3.63, 3.8) is 0 Å². The average molecular weight is 422 g/mol. The third-order valence-corrected chi connectivity index (χ3v) is 6.30. The number of nitrogens with zero attached hydrogens (tertiary/aromatic N) is 3. The number of aromatic nitrogens is 3. The normalized spacial score (nSPS) is 14.4. The molecule has 9 heteroatoms. The first-order valence-electron chi connectivity index (χ1n) is 8.86. The summed E-state index contributed by atoms with van der Waals surface area (Å²) in [5, 5.41) is 8.30. The molecule has 0 spiro atoms. The van der Waals surface area contributed by atoms with Gasteiger partial charge in [-0.25, -0.2) is 4.39 Å². The number of halogens is 2. The highest BCUT2D eigenvalue weighted by Crippen LogP contribution is 2.29. The highest BCUT2D eigenvalue weighted by Gasteiger charge is 2.22. The van der Waals surface area contributed by atoms with Gasteiger partial charge in [-0.05, 0) is 43.2 Å². The van der Waals surface area contributed by atoms with Crippen LogP contribution in [-0.2, 0) is 23.1 Å². The predicted octanol–water partition coefficient (Wildman–Crippen LogP) is 4.23. The Morgan fingerprint density at radius 3 is 2.75 bits per heavy atom. The van der Waals surface area contributed by atoms with Gasteiger partial charge in [-0.15, -0.1) is 10.2 Å². The third kappa shape index (κ3) is 3.74. The molecule has 0 fully saturated rings. The van der Waals surface area contributed by atoms with Gasteiger partial charge in [-0.1, -0.05) is 30.2 Å². The standard InChI is InChI=1S/C19H17ClFN3O3S/c20-16-12-14(21)8-9-17(16)28(25,26)27-15-6-4-5-13(11-15)19-23-22-18-7-2-1-3-10-24(18)19/h4-6,8-9,11-12H,1-3,7,10H2. The average Bonchev–Trinajstić information content (AvgIpc) is 2.90. The van der Waals surface area contributed by atoms with Gasteiger partial charge in [0.15, 0.2) is 5.82 Å². The van der Waals surface area contributed by atoms with Crippen LogP contribution in [0, 0.1) is 5.82 Å². The van der Waals surface area contributed by atoms with E-state index in [2.05, 4.69) is 14.8 Å². The van der Waals surface area contributed by atoms with E-state index in [1.54, 1.807) is 12.1 Å². The zero-order chi connectivity index (χ0) is 19.7. The van der Waals surface area contributed by atoms with Gasteiger partial charge in [0.1, 0.15) is 22.3 Å². The van der Waals surface area contributed by atoms with Crippen LogP contribution >= 0.6 is 11.6 Å². The summed E-state index contributed by atoms with van der Waals surface area (Å²) in [5.41, 5.74) is 0.707. The molecule has 0 saturated heterocycles. The minimum atomic E-state index is -4.21. The zero-order valence-corrected chi connectivity index (χ0v) is 16.4. The molecule has 0 N–H and O–H groups in total. The van der Waals surface area contributed by atoms with Crippen molar-refractivity contribution in [2.45, 2.75) is 37.1 Å². The second kappa shape index (κ2) is 7.52. The first-order chi connectivity index (χ1) is 13.4. The number of hydrogen-bond donors (Lipinski definition) is 0. The smallest absolute Gasteiger partial charge is 0.340 e. The minimum Gasteiger partial charge on any atom is -0.379 e. The summed E-state index contributed by atoms with van der Waals surface area (Å²) in [4.78, 5) is -0.294. The van der Waals surface area contributed by atoms with E-state index in [1.807, 2.05) is 6.07 Å². The summed E-state index contributed by atoms with van der Waals surface area (Å²) in [6, 6.07) is 9.66. The van der Waals surface area contributed by atoms with Crippen LogP contribution in [0.15, 0.2) is 47.4 Å². The monoisotopic (exact) mass is 421 g/mol. The topological polar surface area (TPSA) is 74.1 Å². The highest BCUT2D eigenvalue weighted by atomic mass is 35.5. The Balaban J connectivity index is 1.65. The lowest BCUT2D eigenvalue weighted by atomic mass is 10.2. The quantitative estimate of drug-likeness (QED) is 0.589. The molecule has 1 aliphatic rings. The third-order valence-electron chi connectivity index (χ3n) is 4.57. The van der Waals surface area contributed by atoms with Crippen molar-refractivity contribution in [3.05, 3.63) is 59.1 Å². The van der Waals surface area contributed by atoms with Crippen molar-refractivity contribution >= 4 is 21.7 Å². The van der Waals surface area contributed by atoms with Crippen LogP contribution in [0.2, 0.25) is 5.02 Å². The van der Waals surface area contributed by atoms with E-state index in [0.717, 1.165) is 56.3 Å². The van der Waals surface area contributed by atoms with E-state index in [0.29, 0.717) is 11.4 Å². The van der Waals surface area contributed by atoms with Crippen molar-refractivity contribution in [3.8, 4) is 17.1 Å². The molecule has 1 aromatic heterocycles. The zero-order valence-electron chi connectivity index (χ0n) is 14.8. The fraction of sp³-hybridized carbons (Fsp3) is 0.263. The van der Waals surface area contributed by atoms with Crippen LogP contribution in [0.1, 0.15) is 25.1 Å². The molecule has 2 heterocycles. The maximum absolute atomic E-state index is 13.2. The Labute approximate surface area is 167 Å². The number of aryl methyl sites for hydroxylation is 1. The Morgan fingerprint density at radius 1 is 1.07 bits per heavy atom. The summed E-state index contributed by atoms with van der Waals surface area (Å²) >= 11 is 5.87. The summed E-state index contributed by atoms with van der Waals surface area (Å²) in [6.07, 6.45) is 4.15. The van der Waals surface area contributed by atoms with Gasteiger partial charge in [0.25, 0.3) is 0 Å². The van der Waals surface area contributed by atoms with Crippen LogP contribution in [-0.4, -0.2) is 23.2 Å². The molecule has 4 rings (SSSR count). The van der Waals surface area contributed by atoms with E-state index in [4.69, 9.17) is 15.8 Å². The second-order valence-corrected chi connectivity index (χ2v) is 8.46. The summed E-state index contributed by atoms with van der Waals surface area (Å²) in [5.74, 6) is 1.10. The molecular formula is C19H17ClFN3O3S. The molecule has 6 nitrogen and oxygen atoms in total. The molecule has 28 heavy (non-hydrogen) atoms. The molecule has 1 aliphatic heterocycles. The number of hydrogen-bond acceptors (Lipinski definition) is 5. The van der Waals surface area contributed by atoms with E-state index in [9.17, 15) is 12.8 Å². The van der Waals surface area contributed by atoms with Gasteiger partial charge in [0.05, 0.1) is 5.02 Å². The van der Waals surface area contributed by atoms with Crippen molar-refractivity contribution < 1.29 is 17.0 Å². The van der Waals surface area contributed by atoms with Gasteiger partial charge in [0.2, 0.25) is 0 Å². The first kappa shape index (κ1) is 18.9. The van der Waals surface area contributed by atoms with Gasteiger partial charge in [-0.2, -0.15) is 8.42 Å². The summed E-state index contributed by atoms with van der Waals surface area (Å²) in [7, 11) is -4.21. The second-order valence-electron chi connectivity index (χ2n) is 6.54. The van der Waals surface area contributed by atoms with E-state index >= 15 is 0 Å². The van der Waals surface area contributed by atoms with E-state index < -0.39 is 15.9 Å². The van der Waals surface area contributed by atoms with Gasteiger partial charge >= 0.3 is 10.1 Å². The Hall–Kier alpha value is -2.45. The van der Waals surface area contributed by atoms with Crippen molar-refractivity contribution in [2.75, 3.05) is 0 Å². The fourth-order valence-electron chi connectivity index (χ4n) is 3.24. The van der Waals surface area contributed by atoms with Crippen molar-refractivity contribution in [2.24, 2.45) is 0 Å². The lowest BCUT2D eigenvalue weighted by molar-refractivity contribution is 0.486. The molecule has 0 atom stereocenters. The predicted molar refractivity (Wildman–Crippen MR) is 102 cm³/mol. The van der Waals surface area contributed by atoms with Gasteiger partial charge in [0, 0.05) is 18.5 Å². The lowest BCUT2D eigenvalue weighted by Gasteiger charge is -2.10. The maximum Gasteiger partial charge on any atom is 0.340 e. The van der Waals surface area contributed by atoms with Gasteiger partial charge < -0.3 is 8.75 Å². The number of fused-ring (bicyclic) bond motifs is 1. The molecule has 0 unspecified atom stereocenters. The SMILES string of the molecule is O=S(=O)(Oc1cccc(-c2nnc3n2CCCCC3)c1)c1ccc(F)cc1Cl. The molecule has 0 radical (unpaired) electrons. The van der Waals surface area contributed by atoms with Crippen LogP contribution in [0.4, 0.5) is 4.39 Å². The molecule has 0 amide bonds. The lowest BCUT2D eigenvalue weighted by Crippen LogP contribution is -2.10. The maximum atomic E-state index is 13.2. The molecular weight excluding hydrogens is 405 g/mol. The van der Waals surface area contributed by atoms with Crippen molar-refractivity contribution in [1.82, 2.24) is 14.8 Å². The van der Waals surface area contributed by atoms with E-state index in [1.165, 1.54) is 6.07 Å². The first-order valence-corrected chi connectivity index (χ1v) is 10.6. The highest BCUT2D eigenvalue weighted by molar-refractivity contribution is 7.87. The Bertz CT molecular complexity index is 1130. The fourth-order valence-corrected chi connectivity index (χ4v) is 4.67. The molecule has 146 valence electrons. The van der Waals surface area contributed by atoms with Crippen LogP contribution in [0.3, 0.4) is 0 Å². The molecule has 0 aliphatic carbocycles. The molecule has 3 aromatic rings. The molecule has 2 aromatic carbocycles. The minimum absolute atomic E-state index is 0.115. The van der Waals surface area contributed by atoms with E-state index in [-0.39, 0.29) is 15.7 Å². The largest absolute Gasteiger partial charge is 0.379 e.